The van der Waals surface area contributed by atoms with Gasteiger partial charge in [0.2, 0.25) is 0 Å². The minimum absolute atomic E-state index is 0.222. The normalized spacial score (nSPS) is 18.9. The number of piperidine rings is 1. The quantitative estimate of drug-likeness (QED) is 0.762. The lowest BCUT2D eigenvalue weighted by atomic mass is 9.98. The van der Waals surface area contributed by atoms with Gasteiger partial charge >= 0.3 is 5.69 Å². The number of hydrogen-bond donors (Lipinski definition) is 2. The van der Waals surface area contributed by atoms with Gasteiger partial charge < -0.3 is 9.40 Å². The Kier molecular flexibility index (Phi) is 3.78. The third-order valence-electron chi connectivity index (χ3n) is 4.38. The van der Waals surface area contributed by atoms with Crippen LogP contribution in [0, 0.1) is 0 Å². The van der Waals surface area contributed by atoms with Crippen LogP contribution in [0.3, 0.4) is 0 Å². The SMILES string of the molecule is O=c1cc(CN2CCC[C@@H](c3nc4ccccc4o3)C2)[nH]c(=O)[nH]1. The van der Waals surface area contributed by atoms with Gasteiger partial charge in [-0.05, 0) is 31.5 Å². The predicted molar refractivity (Wildman–Crippen MR) is 88.9 cm³/mol. The zero-order valence-corrected chi connectivity index (χ0v) is 13.1. The van der Waals surface area contributed by atoms with Gasteiger partial charge in [0.15, 0.2) is 11.5 Å². The maximum atomic E-state index is 11.4. The van der Waals surface area contributed by atoms with Crippen LogP contribution in [-0.2, 0) is 6.54 Å². The number of hydrogen-bond acceptors (Lipinski definition) is 5. The highest BCUT2D eigenvalue weighted by Gasteiger charge is 2.25. The Morgan fingerprint density at radius 2 is 2.12 bits per heavy atom. The highest BCUT2D eigenvalue weighted by molar-refractivity contribution is 5.72. The Labute approximate surface area is 137 Å². The molecule has 1 aromatic carbocycles. The average molecular weight is 326 g/mol. The van der Waals surface area contributed by atoms with E-state index < -0.39 is 5.69 Å². The molecule has 7 heteroatoms. The second kappa shape index (κ2) is 6.09. The van der Waals surface area contributed by atoms with Crippen molar-refractivity contribution >= 4 is 11.1 Å². The first-order valence-corrected chi connectivity index (χ1v) is 8.08. The van der Waals surface area contributed by atoms with Crippen LogP contribution >= 0.6 is 0 Å². The molecule has 0 amide bonds. The third kappa shape index (κ3) is 3.03. The first kappa shape index (κ1) is 14.9. The Morgan fingerprint density at radius 3 is 2.96 bits per heavy atom. The van der Waals surface area contributed by atoms with Crippen LogP contribution in [0.15, 0.2) is 44.3 Å². The molecule has 4 rings (SSSR count). The molecule has 7 nitrogen and oxygen atoms in total. The fraction of sp³-hybridized carbons (Fsp3) is 0.353. The van der Waals surface area contributed by atoms with Gasteiger partial charge in [-0.1, -0.05) is 12.1 Å². The highest BCUT2D eigenvalue weighted by Crippen LogP contribution is 2.29. The molecule has 0 unspecified atom stereocenters. The molecule has 0 radical (unpaired) electrons. The largest absolute Gasteiger partial charge is 0.440 e. The number of H-pyrrole nitrogens is 2. The van der Waals surface area contributed by atoms with Crippen molar-refractivity contribution in [2.75, 3.05) is 13.1 Å². The van der Waals surface area contributed by atoms with E-state index in [0.29, 0.717) is 12.2 Å². The van der Waals surface area contributed by atoms with E-state index >= 15 is 0 Å². The van der Waals surface area contributed by atoms with Crippen LogP contribution in [-0.4, -0.2) is 32.9 Å². The second-order valence-corrected chi connectivity index (χ2v) is 6.21. The molecule has 1 atom stereocenters. The van der Waals surface area contributed by atoms with Crippen molar-refractivity contribution in [2.45, 2.75) is 25.3 Å². The molecule has 0 bridgehead atoms. The molecule has 124 valence electrons. The van der Waals surface area contributed by atoms with Gasteiger partial charge in [0.05, 0.1) is 0 Å². The first-order chi connectivity index (χ1) is 11.7. The zero-order valence-electron chi connectivity index (χ0n) is 13.1. The van der Waals surface area contributed by atoms with Crippen molar-refractivity contribution in [1.29, 1.82) is 0 Å². The standard InChI is InChI=1S/C17H18N4O3/c22-15-8-12(18-17(23)20-15)10-21-7-3-4-11(9-21)16-19-13-5-1-2-6-14(13)24-16/h1-2,5-6,8,11H,3-4,7,9-10H2,(H2,18,20,22,23)/t11-/m1/s1. The fourth-order valence-electron chi connectivity index (χ4n) is 3.31. The number of rotatable bonds is 3. The molecule has 2 N–H and O–H groups in total. The third-order valence-corrected chi connectivity index (χ3v) is 4.38. The van der Waals surface area contributed by atoms with Crippen molar-refractivity contribution in [3.8, 4) is 0 Å². The van der Waals surface area contributed by atoms with E-state index in [1.807, 2.05) is 24.3 Å². The van der Waals surface area contributed by atoms with Gasteiger partial charge in [0.1, 0.15) is 5.52 Å². The molecular weight excluding hydrogens is 308 g/mol. The summed E-state index contributed by atoms with van der Waals surface area (Å²) in [6, 6.07) is 9.20. The monoisotopic (exact) mass is 326 g/mol. The lowest BCUT2D eigenvalue weighted by Crippen LogP contribution is -2.35. The lowest BCUT2D eigenvalue weighted by Gasteiger charge is -2.30. The van der Waals surface area contributed by atoms with Gasteiger partial charge in [0, 0.05) is 30.8 Å². The van der Waals surface area contributed by atoms with Crippen LogP contribution in [0.4, 0.5) is 0 Å². The number of benzene rings is 1. The summed E-state index contributed by atoms with van der Waals surface area (Å²) in [6.45, 7) is 2.25. The van der Waals surface area contributed by atoms with Crippen LogP contribution in [0.2, 0.25) is 0 Å². The van der Waals surface area contributed by atoms with Gasteiger partial charge in [-0.3, -0.25) is 14.7 Å². The summed E-state index contributed by atoms with van der Waals surface area (Å²) in [5.41, 5.74) is 1.47. The van der Waals surface area contributed by atoms with Gasteiger partial charge in [-0.25, -0.2) is 9.78 Å². The summed E-state index contributed by atoms with van der Waals surface area (Å²) >= 11 is 0. The fourth-order valence-corrected chi connectivity index (χ4v) is 3.31. The number of nitrogens with one attached hydrogen (secondary N) is 2. The van der Waals surface area contributed by atoms with Crippen molar-refractivity contribution < 1.29 is 4.42 Å². The highest BCUT2D eigenvalue weighted by atomic mass is 16.3. The maximum Gasteiger partial charge on any atom is 0.325 e. The molecule has 1 saturated heterocycles. The Hall–Kier alpha value is -2.67. The maximum absolute atomic E-state index is 11.4. The molecule has 3 aromatic rings. The summed E-state index contributed by atoms with van der Waals surface area (Å²) in [5.74, 6) is 0.986. The molecule has 1 fully saturated rings. The number of fused-ring (bicyclic) bond motifs is 1. The zero-order chi connectivity index (χ0) is 16.5. The predicted octanol–water partition coefficient (Wildman–Crippen LogP) is 1.58. The molecule has 3 heterocycles. The number of nitrogens with zero attached hydrogens (tertiary/aromatic N) is 2. The van der Waals surface area contributed by atoms with Crippen LogP contribution < -0.4 is 11.2 Å². The van der Waals surface area contributed by atoms with Crippen molar-refractivity contribution in [3.05, 3.63) is 62.8 Å². The van der Waals surface area contributed by atoms with E-state index in [1.54, 1.807) is 0 Å². The summed E-state index contributed by atoms with van der Waals surface area (Å²) < 4.78 is 5.89. The van der Waals surface area contributed by atoms with Crippen LogP contribution in [0.25, 0.3) is 11.1 Å². The summed E-state index contributed by atoms with van der Waals surface area (Å²) in [4.78, 5) is 34.5. The van der Waals surface area contributed by atoms with E-state index in [1.165, 1.54) is 6.07 Å². The van der Waals surface area contributed by atoms with E-state index in [-0.39, 0.29) is 11.5 Å². The summed E-state index contributed by atoms with van der Waals surface area (Å²) in [7, 11) is 0. The molecule has 0 saturated carbocycles. The van der Waals surface area contributed by atoms with E-state index in [0.717, 1.165) is 42.9 Å². The average Bonchev–Trinajstić information content (AvgIpc) is 2.98. The van der Waals surface area contributed by atoms with Crippen molar-refractivity contribution in [1.82, 2.24) is 19.9 Å². The topological polar surface area (TPSA) is 95.0 Å². The molecule has 0 spiro atoms. The smallest absolute Gasteiger partial charge is 0.325 e. The Bertz CT molecular complexity index is 910. The first-order valence-electron chi connectivity index (χ1n) is 8.08. The minimum atomic E-state index is -0.468. The molecule has 0 aliphatic carbocycles. The number of likely N-dealkylation sites (tertiary alicyclic amines) is 1. The van der Waals surface area contributed by atoms with Crippen molar-refractivity contribution in [3.63, 3.8) is 0 Å². The van der Waals surface area contributed by atoms with E-state index in [4.69, 9.17) is 4.42 Å². The molecular formula is C17H18N4O3. The second-order valence-electron chi connectivity index (χ2n) is 6.21. The van der Waals surface area contributed by atoms with Crippen LogP contribution in [0.5, 0.6) is 0 Å². The van der Waals surface area contributed by atoms with Crippen LogP contribution in [0.1, 0.15) is 30.3 Å². The van der Waals surface area contributed by atoms with E-state index in [2.05, 4.69) is 19.9 Å². The van der Waals surface area contributed by atoms with Gasteiger partial charge in [0.25, 0.3) is 5.56 Å². The number of aromatic nitrogens is 3. The molecule has 1 aliphatic rings. The lowest BCUT2D eigenvalue weighted by molar-refractivity contribution is 0.185. The summed E-state index contributed by atoms with van der Waals surface area (Å²) in [6.07, 6.45) is 2.05. The minimum Gasteiger partial charge on any atom is -0.440 e. The molecule has 24 heavy (non-hydrogen) atoms. The number of para-hydroxylation sites is 2. The van der Waals surface area contributed by atoms with E-state index in [9.17, 15) is 9.59 Å². The van der Waals surface area contributed by atoms with Gasteiger partial charge in [-0.2, -0.15) is 0 Å². The van der Waals surface area contributed by atoms with Gasteiger partial charge in [-0.15, -0.1) is 0 Å². The number of aromatic amines is 2. The Balaban J connectivity index is 1.52. The summed E-state index contributed by atoms with van der Waals surface area (Å²) in [5, 5.41) is 0. The van der Waals surface area contributed by atoms with Crippen molar-refractivity contribution in [2.24, 2.45) is 0 Å². The molecule has 1 aliphatic heterocycles. The molecule has 2 aromatic heterocycles. The Morgan fingerprint density at radius 1 is 1.25 bits per heavy atom. The number of oxazole rings is 1.